The van der Waals surface area contributed by atoms with Crippen LogP contribution in [0.4, 0.5) is 8.78 Å². The molecule has 0 saturated heterocycles. The third kappa shape index (κ3) is 4.34. The highest BCUT2D eigenvalue weighted by molar-refractivity contribution is 5.85. The van der Waals surface area contributed by atoms with Crippen molar-refractivity contribution in [2.24, 2.45) is 5.92 Å². The molecule has 116 valence electrons. The van der Waals surface area contributed by atoms with Crippen LogP contribution in [0.3, 0.4) is 0 Å². The van der Waals surface area contributed by atoms with E-state index in [1.165, 1.54) is 18.6 Å². The average molecular weight is 296 g/mol. The maximum atomic E-state index is 13.7. The van der Waals surface area contributed by atoms with Crippen LogP contribution in [0.5, 0.6) is 0 Å². The molecule has 4 heteroatoms. The average Bonchev–Trinajstić information content (AvgIpc) is 2.48. The second-order valence-corrected chi connectivity index (χ2v) is 5.65. The summed E-state index contributed by atoms with van der Waals surface area (Å²) in [6.45, 7) is 2.33. The van der Waals surface area contributed by atoms with E-state index >= 15 is 0 Å². The molecular weight excluding hydrogens is 274 g/mol. The van der Waals surface area contributed by atoms with Gasteiger partial charge in [-0.05, 0) is 37.3 Å². The van der Waals surface area contributed by atoms with Crippen molar-refractivity contribution in [3.05, 3.63) is 35.4 Å². The van der Waals surface area contributed by atoms with Gasteiger partial charge >= 0.3 is 0 Å². The molecule has 1 aliphatic rings. The lowest BCUT2D eigenvalue weighted by Crippen LogP contribution is -2.35. The molecule has 0 N–H and O–H groups in total. The van der Waals surface area contributed by atoms with Gasteiger partial charge in [0, 0.05) is 19.1 Å². The summed E-state index contributed by atoms with van der Waals surface area (Å²) in [4.78, 5) is 12.5. The Labute approximate surface area is 124 Å². The van der Waals surface area contributed by atoms with E-state index in [9.17, 15) is 13.6 Å². The van der Waals surface area contributed by atoms with Crippen molar-refractivity contribution in [1.29, 1.82) is 0 Å². The van der Waals surface area contributed by atoms with Crippen molar-refractivity contribution in [3.8, 4) is 0 Å². The van der Waals surface area contributed by atoms with Crippen molar-refractivity contribution in [2.45, 2.75) is 51.6 Å². The van der Waals surface area contributed by atoms with Gasteiger partial charge in [0.25, 0.3) is 0 Å². The molecule has 0 bridgehead atoms. The Hall–Kier alpha value is -1.29. The number of ether oxygens (including phenoxy) is 1. The van der Waals surface area contributed by atoms with Gasteiger partial charge in [-0.1, -0.05) is 25.3 Å². The molecule has 2 rings (SSSR count). The fourth-order valence-electron chi connectivity index (χ4n) is 3.06. The first-order chi connectivity index (χ1) is 10.1. The van der Waals surface area contributed by atoms with Gasteiger partial charge in [0.05, 0.1) is 0 Å². The standard InChI is InChI=1S/C17H22F2O2/c1-2-21-17(12-6-4-3-5-7-12)16(20)10-13-8-9-14(18)11-15(13)19/h8-9,11-12,17H,2-7,10H2,1H3. The van der Waals surface area contributed by atoms with Gasteiger partial charge in [-0.15, -0.1) is 0 Å². The predicted octanol–water partition coefficient (Wildman–Crippen LogP) is 4.06. The summed E-state index contributed by atoms with van der Waals surface area (Å²) in [6.07, 6.45) is 4.92. The first kappa shape index (κ1) is 16.1. The lowest BCUT2D eigenvalue weighted by Gasteiger charge is -2.29. The Bertz CT molecular complexity index is 482. The topological polar surface area (TPSA) is 26.3 Å². The molecule has 1 unspecified atom stereocenters. The van der Waals surface area contributed by atoms with E-state index < -0.39 is 17.7 Å². The van der Waals surface area contributed by atoms with Gasteiger partial charge in [-0.2, -0.15) is 0 Å². The monoisotopic (exact) mass is 296 g/mol. The third-order valence-corrected chi connectivity index (χ3v) is 4.12. The maximum absolute atomic E-state index is 13.7. The molecule has 0 aromatic heterocycles. The van der Waals surface area contributed by atoms with Gasteiger partial charge in [0.15, 0.2) is 5.78 Å². The zero-order valence-corrected chi connectivity index (χ0v) is 12.4. The molecule has 1 aliphatic carbocycles. The number of hydrogen-bond donors (Lipinski definition) is 0. The molecule has 0 spiro atoms. The number of carbonyl (C=O) groups is 1. The van der Waals surface area contributed by atoms with Gasteiger partial charge < -0.3 is 4.74 Å². The molecule has 0 amide bonds. The minimum absolute atomic E-state index is 0.0344. The van der Waals surface area contributed by atoms with Crippen LogP contribution in [-0.4, -0.2) is 18.5 Å². The van der Waals surface area contributed by atoms with Crippen LogP contribution >= 0.6 is 0 Å². The Kier molecular flexibility index (Phi) is 5.85. The van der Waals surface area contributed by atoms with Crippen LogP contribution in [0.25, 0.3) is 0 Å². The van der Waals surface area contributed by atoms with Crippen molar-refractivity contribution in [1.82, 2.24) is 0 Å². The minimum Gasteiger partial charge on any atom is -0.370 e. The number of ketones is 1. The Morgan fingerprint density at radius 2 is 2.00 bits per heavy atom. The summed E-state index contributed by atoms with van der Waals surface area (Å²) in [5.41, 5.74) is 0.238. The second kappa shape index (κ2) is 7.64. The largest absolute Gasteiger partial charge is 0.370 e. The van der Waals surface area contributed by atoms with Crippen LogP contribution in [0.2, 0.25) is 0 Å². The SMILES string of the molecule is CCOC(C(=O)Cc1ccc(F)cc1F)C1CCCCC1. The van der Waals surface area contributed by atoms with Crippen molar-refractivity contribution in [3.63, 3.8) is 0 Å². The molecule has 1 saturated carbocycles. The van der Waals surface area contributed by atoms with Crippen LogP contribution < -0.4 is 0 Å². The molecule has 2 nitrogen and oxygen atoms in total. The third-order valence-electron chi connectivity index (χ3n) is 4.12. The van der Waals surface area contributed by atoms with Gasteiger partial charge in [-0.3, -0.25) is 4.79 Å². The number of benzene rings is 1. The van der Waals surface area contributed by atoms with E-state index in [-0.39, 0.29) is 23.7 Å². The zero-order chi connectivity index (χ0) is 15.2. The highest BCUT2D eigenvalue weighted by Gasteiger charge is 2.30. The second-order valence-electron chi connectivity index (χ2n) is 5.65. The van der Waals surface area contributed by atoms with Crippen molar-refractivity contribution in [2.75, 3.05) is 6.61 Å². The van der Waals surface area contributed by atoms with Crippen LogP contribution in [0.15, 0.2) is 18.2 Å². The summed E-state index contributed by atoms with van der Waals surface area (Å²) in [6, 6.07) is 3.34. The molecule has 0 radical (unpaired) electrons. The van der Waals surface area contributed by atoms with E-state index in [1.54, 1.807) is 0 Å². The van der Waals surface area contributed by atoms with E-state index in [0.717, 1.165) is 31.7 Å². The summed E-state index contributed by atoms with van der Waals surface area (Å²) < 4.78 is 32.2. The molecule has 1 fully saturated rings. The van der Waals surface area contributed by atoms with E-state index in [4.69, 9.17) is 4.74 Å². The number of rotatable bonds is 6. The molecule has 1 atom stereocenters. The molecule has 0 heterocycles. The van der Waals surface area contributed by atoms with Crippen molar-refractivity contribution < 1.29 is 18.3 Å². The Balaban J connectivity index is 2.07. The van der Waals surface area contributed by atoms with Gasteiger partial charge in [0.2, 0.25) is 0 Å². The molecular formula is C17H22F2O2. The molecule has 1 aromatic rings. The lowest BCUT2D eigenvalue weighted by molar-refractivity contribution is -0.134. The number of hydrogen-bond acceptors (Lipinski definition) is 2. The van der Waals surface area contributed by atoms with E-state index in [1.807, 2.05) is 6.92 Å². The smallest absolute Gasteiger partial charge is 0.166 e. The summed E-state index contributed by atoms with van der Waals surface area (Å²) in [7, 11) is 0. The molecule has 0 aliphatic heterocycles. The Morgan fingerprint density at radius 3 is 2.62 bits per heavy atom. The quantitative estimate of drug-likeness (QED) is 0.791. The molecule has 21 heavy (non-hydrogen) atoms. The fraction of sp³-hybridized carbons (Fsp3) is 0.588. The summed E-state index contributed by atoms with van der Waals surface area (Å²) in [5, 5.41) is 0. The summed E-state index contributed by atoms with van der Waals surface area (Å²) >= 11 is 0. The highest BCUT2D eigenvalue weighted by atomic mass is 19.1. The van der Waals surface area contributed by atoms with Crippen molar-refractivity contribution >= 4 is 5.78 Å². The highest BCUT2D eigenvalue weighted by Crippen LogP contribution is 2.29. The van der Waals surface area contributed by atoms with E-state index in [2.05, 4.69) is 0 Å². The van der Waals surface area contributed by atoms with Crippen LogP contribution in [0.1, 0.15) is 44.6 Å². The first-order valence-electron chi connectivity index (χ1n) is 7.70. The minimum atomic E-state index is -0.665. The van der Waals surface area contributed by atoms with Gasteiger partial charge in [-0.25, -0.2) is 8.78 Å². The normalized spacial score (nSPS) is 17.7. The number of halogens is 2. The van der Waals surface area contributed by atoms with E-state index in [0.29, 0.717) is 6.61 Å². The Morgan fingerprint density at radius 1 is 1.29 bits per heavy atom. The molecule has 1 aromatic carbocycles. The lowest BCUT2D eigenvalue weighted by atomic mass is 9.82. The first-order valence-corrected chi connectivity index (χ1v) is 7.70. The number of Topliss-reactive ketones (excluding diaryl/α,β-unsaturated/α-hetero) is 1. The maximum Gasteiger partial charge on any atom is 0.166 e. The van der Waals surface area contributed by atoms with Crippen LogP contribution in [-0.2, 0) is 16.0 Å². The zero-order valence-electron chi connectivity index (χ0n) is 12.4. The summed E-state index contributed by atoms with van der Waals surface area (Å²) in [5.74, 6) is -1.16. The number of carbonyl (C=O) groups excluding carboxylic acids is 1. The van der Waals surface area contributed by atoms with Crippen LogP contribution in [0, 0.1) is 17.6 Å². The van der Waals surface area contributed by atoms with Gasteiger partial charge in [0.1, 0.15) is 17.7 Å². The fourth-order valence-corrected chi connectivity index (χ4v) is 3.06. The predicted molar refractivity (Wildman–Crippen MR) is 77.1 cm³/mol.